The van der Waals surface area contributed by atoms with Crippen molar-refractivity contribution in [3.8, 4) is 0 Å². The largest absolute Gasteiger partial charge is 0.395 e. The van der Waals surface area contributed by atoms with Gasteiger partial charge in [-0.3, -0.25) is 24.3 Å². The number of methoxy groups -OCH3 is 1. The van der Waals surface area contributed by atoms with Crippen molar-refractivity contribution in [3.63, 3.8) is 0 Å². The van der Waals surface area contributed by atoms with Crippen molar-refractivity contribution in [1.82, 2.24) is 14.7 Å². The minimum Gasteiger partial charge on any atom is -0.395 e. The van der Waals surface area contributed by atoms with Gasteiger partial charge in [-0.1, -0.05) is 18.2 Å². The summed E-state index contributed by atoms with van der Waals surface area (Å²) in [5, 5.41) is 3.67. The van der Waals surface area contributed by atoms with Gasteiger partial charge in [0.1, 0.15) is 10.9 Å². The molecule has 38 heavy (non-hydrogen) atoms. The van der Waals surface area contributed by atoms with Gasteiger partial charge in [-0.25, -0.2) is 0 Å². The highest BCUT2D eigenvalue weighted by molar-refractivity contribution is 7.09. The molecule has 5 N–H and O–H groups in total. The van der Waals surface area contributed by atoms with Crippen molar-refractivity contribution in [2.45, 2.75) is 19.9 Å². The van der Waals surface area contributed by atoms with E-state index in [1.54, 1.807) is 24.4 Å². The molecule has 0 aliphatic heterocycles. The van der Waals surface area contributed by atoms with Gasteiger partial charge in [0.05, 0.1) is 17.8 Å². The molecule has 11 heteroatoms. The Kier molecular flexibility index (Phi) is 7.99. The second-order valence-corrected chi connectivity index (χ2v) is 9.57. The van der Waals surface area contributed by atoms with E-state index in [1.165, 1.54) is 12.0 Å². The Morgan fingerprint density at radius 3 is 2.50 bits per heavy atom. The molecule has 4 aromatic rings. The molecule has 0 radical (unpaired) electrons. The Bertz CT molecular complexity index is 1500. The van der Waals surface area contributed by atoms with Crippen LogP contribution in [-0.4, -0.2) is 47.3 Å². The second kappa shape index (κ2) is 11.4. The van der Waals surface area contributed by atoms with Crippen LogP contribution in [0.25, 0.3) is 10.9 Å². The van der Waals surface area contributed by atoms with Gasteiger partial charge in [-0.15, -0.1) is 0 Å². The Morgan fingerprint density at radius 2 is 1.84 bits per heavy atom. The molecule has 2 aromatic carbocycles. The molecule has 0 bridgehead atoms. The number of primary amides is 1. The van der Waals surface area contributed by atoms with Crippen LogP contribution in [0.2, 0.25) is 0 Å². The summed E-state index contributed by atoms with van der Waals surface area (Å²) in [4.78, 5) is 45.5. The number of fused-ring (bicyclic) bond motifs is 1. The SMILES string of the molecule is COCCNC(=O)[C@H](c1ccc2ncccc2c1)N(C(=O)c1snc(C(N)=O)c1N)c1cc(C)cc(C)c1. The third-order valence-corrected chi connectivity index (χ3v) is 6.76. The van der Waals surface area contributed by atoms with Crippen molar-refractivity contribution in [2.24, 2.45) is 5.73 Å². The summed E-state index contributed by atoms with van der Waals surface area (Å²) >= 11 is 0.764. The maximum absolute atomic E-state index is 14.2. The predicted octanol–water partition coefficient (Wildman–Crippen LogP) is 3.14. The van der Waals surface area contributed by atoms with Gasteiger partial charge in [-0.05, 0) is 72.4 Å². The van der Waals surface area contributed by atoms with Gasteiger partial charge in [-0.2, -0.15) is 4.37 Å². The van der Waals surface area contributed by atoms with Crippen LogP contribution in [0, 0.1) is 13.8 Å². The molecule has 1 atom stereocenters. The number of aryl methyl sites for hydroxylation is 2. The Hall–Kier alpha value is -4.35. The fourth-order valence-corrected chi connectivity index (χ4v) is 5.01. The maximum Gasteiger partial charge on any atom is 0.273 e. The minimum absolute atomic E-state index is 0.00936. The van der Waals surface area contributed by atoms with E-state index >= 15 is 0 Å². The smallest absolute Gasteiger partial charge is 0.273 e. The highest BCUT2D eigenvalue weighted by Crippen LogP contribution is 2.35. The summed E-state index contributed by atoms with van der Waals surface area (Å²) in [6.07, 6.45) is 1.69. The molecule has 2 heterocycles. The zero-order valence-electron chi connectivity index (χ0n) is 21.2. The molecule has 2 aromatic heterocycles. The number of benzene rings is 2. The average molecular weight is 533 g/mol. The number of nitrogens with zero attached hydrogens (tertiary/aromatic N) is 3. The fourth-order valence-electron chi connectivity index (χ4n) is 4.27. The number of hydrogen-bond acceptors (Lipinski definition) is 8. The van der Waals surface area contributed by atoms with E-state index in [1.807, 2.05) is 44.2 Å². The molecular weight excluding hydrogens is 504 g/mol. The van der Waals surface area contributed by atoms with Crippen LogP contribution in [-0.2, 0) is 9.53 Å². The standard InChI is InChI=1S/C27H28N6O4S/c1-15-11-16(2)13-19(12-15)33(27(36)24-21(28)22(25(29)34)32-38-24)23(26(35)31-9-10-37-3)18-6-7-20-17(14-18)5-4-8-30-20/h4-8,11-14,23H,9-10,28H2,1-3H3,(H2,29,34)(H,31,35)/t23-/m0/s1. The number of aromatic nitrogens is 2. The zero-order chi connectivity index (χ0) is 27.4. The van der Waals surface area contributed by atoms with Gasteiger partial charge < -0.3 is 21.5 Å². The first-order valence-corrected chi connectivity index (χ1v) is 12.6. The van der Waals surface area contributed by atoms with Crippen LogP contribution < -0.4 is 21.7 Å². The number of nitrogen functional groups attached to an aromatic ring is 1. The summed E-state index contributed by atoms with van der Waals surface area (Å²) in [6, 6.07) is 13.6. The van der Waals surface area contributed by atoms with Crippen molar-refractivity contribution >= 4 is 51.5 Å². The van der Waals surface area contributed by atoms with E-state index in [0.29, 0.717) is 17.9 Å². The van der Waals surface area contributed by atoms with Crippen LogP contribution in [0.4, 0.5) is 11.4 Å². The van der Waals surface area contributed by atoms with E-state index in [-0.39, 0.29) is 22.8 Å². The lowest BCUT2D eigenvalue weighted by Crippen LogP contribution is -2.44. The molecule has 0 spiro atoms. The summed E-state index contributed by atoms with van der Waals surface area (Å²) in [5.74, 6) is -1.85. The summed E-state index contributed by atoms with van der Waals surface area (Å²) in [5.41, 5.74) is 14.8. The van der Waals surface area contributed by atoms with Crippen LogP contribution in [0.15, 0.2) is 54.7 Å². The van der Waals surface area contributed by atoms with E-state index in [2.05, 4.69) is 14.7 Å². The monoisotopic (exact) mass is 532 g/mol. The first kappa shape index (κ1) is 26.7. The second-order valence-electron chi connectivity index (χ2n) is 8.80. The molecule has 3 amide bonds. The number of pyridine rings is 1. The lowest BCUT2D eigenvalue weighted by atomic mass is 9.99. The first-order chi connectivity index (χ1) is 18.2. The normalized spacial score (nSPS) is 11.8. The Balaban J connectivity index is 1.93. The molecule has 0 aliphatic rings. The van der Waals surface area contributed by atoms with Crippen molar-refractivity contribution in [3.05, 3.63) is 82.0 Å². The predicted molar refractivity (Wildman–Crippen MR) is 147 cm³/mol. The van der Waals surface area contributed by atoms with E-state index in [0.717, 1.165) is 33.6 Å². The molecule has 0 fully saturated rings. The number of anilines is 2. The Morgan fingerprint density at radius 1 is 1.11 bits per heavy atom. The number of carbonyl (C=O) groups excluding carboxylic acids is 3. The van der Waals surface area contributed by atoms with Crippen LogP contribution >= 0.6 is 11.5 Å². The molecule has 10 nitrogen and oxygen atoms in total. The van der Waals surface area contributed by atoms with E-state index < -0.39 is 23.8 Å². The number of amides is 3. The Labute approximate surface area is 223 Å². The molecule has 0 saturated carbocycles. The molecule has 4 rings (SSSR count). The molecule has 0 saturated heterocycles. The number of nitrogens with two attached hydrogens (primary N) is 2. The molecular formula is C27H28N6O4S. The first-order valence-electron chi connectivity index (χ1n) is 11.8. The van der Waals surface area contributed by atoms with Crippen LogP contribution in [0.3, 0.4) is 0 Å². The van der Waals surface area contributed by atoms with Gasteiger partial charge in [0.2, 0.25) is 5.91 Å². The molecule has 0 unspecified atom stereocenters. The van der Waals surface area contributed by atoms with Crippen molar-refractivity contribution < 1.29 is 19.1 Å². The highest BCUT2D eigenvalue weighted by atomic mass is 32.1. The van der Waals surface area contributed by atoms with Gasteiger partial charge in [0.25, 0.3) is 11.8 Å². The number of carbonyl (C=O) groups is 3. The van der Waals surface area contributed by atoms with Crippen LogP contribution in [0.5, 0.6) is 0 Å². The van der Waals surface area contributed by atoms with E-state index in [4.69, 9.17) is 16.2 Å². The third-order valence-electron chi connectivity index (χ3n) is 5.91. The molecule has 0 aliphatic carbocycles. The van der Waals surface area contributed by atoms with Crippen molar-refractivity contribution in [2.75, 3.05) is 30.9 Å². The fraction of sp³-hybridized carbons (Fsp3) is 0.222. The number of hydrogen-bond donors (Lipinski definition) is 3. The quantitative estimate of drug-likeness (QED) is 0.280. The molecule has 196 valence electrons. The maximum atomic E-state index is 14.2. The third kappa shape index (κ3) is 5.48. The highest BCUT2D eigenvalue weighted by Gasteiger charge is 2.36. The summed E-state index contributed by atoms with van der Waals surface area (Å²) in [6.45, 7) is 4.34. The summed E-state index contributed by atoms with van der Waals surface area (Å²) in [7, 11) is 1.54. The number of nitrogens with one attached hydrogen (secondary N) is 1. The average Bonchev–Trinajstić information content (AvgIpc) is 3.27. The van der Waals surface area contributed by atoms with E-state index in [9.17, 15) is 14.4 Å². The van der Waals surface area contributed by atoms with Gasteiger partial charge >= 0.3 is 0 Å². The topological polar surface area (TPSA) is 154 Å². The lowest BCUT2D eigenvalue weighted by molar-refractivity contribution is -0.122. The van der Waals surface area contributed by atoms with Gasteiger partial charge in [0, 0.05) is 30.9 Å². The minimum atomic E-state index is -1.09. The van der Waals surface area contributed by atoms with Crippen LogP contribution in [0.1, 0.15) is 42.9 Å². The lowest BCUT2D eigenvalue weighted by Gasteiger charge is -2.32. The van der Waals surface area contributed by atoms with Gasteiger partial charge in [0.15, 0.2) is 5.69 Å². The van der Waals surface area contributed by atoms with Crippen molar-refractivity contribution in [1.29, 1.82) is 0 Å². The summed E-state index contributed by atoms with van der Waals surface area (Å²) < 4.78 is 9.09. The zero-order valence-corrected chi connectivity index (χ0v) is 22.0. The number of ether oxygens (including phenoxy) is 1. The number of rotatable bonds is 9.